The lowest BCUT2D eigenvalue weighted by Crippen LogP contribution is -2.44. The zero-order chi connectivity index (χ0) is 15.2. The minimum atomic E-state index is -0.954. The van der Waals surface area contributed by atoms with Crippen molar-refractivity contribution in [3.8, 4) is 0 Å². The van der Waals surface area contributed by atoms with Gasteiger partial charge in [-0.1, -0.05) is 25.0 Å². The number of benzene rings is 1. The van der Waals surface area contributed by atoms with Gasteiger partial charge in [0.2, 0.25) is 0 Å². The van der Waals surface area contributed by atoms with Crippen molar-refractivity contribution < 1.29 is 14.7 Å². The molecule has 1 aliphatic rings. The summed E-state index contributed by atoms with van der Waals surface area (Å²) < 4.78 is 0. The Bertz CT molecular complexity index is 516. The summed E-state index contributed by atoms with van der Waals surface area (Å²) >= 11 is 0. The van der Waals surface area contributed by atoms with Gasteiger partial charge in [0.1, 0.15) is 0 Å². The standard InChI is InChI=1S/C16H22N2O3/c1-12-6-3-2-4-9-18(12)16(21)17-11-13-7-5-8-14(10-13)15(19)20/h5,7-8,10,12H,2-4,6,9,11H2,1H3,(H,17,21)(H,19,20). The molecule has 1 heterocycles. The van der Waals surface area contributed by atoms with Crippen LogP contribution in [0.1, 0.15) is 48.5 Å². The highest BCUT2D eigenvalue weighted by Crippen LogP contribution is 2.16. The fourth-order valence-corrected chi connectivity index (χ4v) is 2.67. The maximum absolute atomic E-state index is 12.3. The number of urea groups is 1. The molecule has 2 N–H and O–H groups in total. The van der Waals surface area contributed by atoms with Crippen molar-refractivity contribution in [1.82, 2.24) is 10.2 Å². The highest BCUT2D eigenvalue weighted by atomic mass is 16.4. The van der Waals surface area contributed by atoms with E-state index in [-0.39, 0.29) is 17.6 Å². The summed E-state index contributed by atoms with van der Waals surface area (Å²) in [5.74, 6) is -0.954. The maximum Gasteiger partial charge on any atom is 0.335 e. The van der Waals surface area contributed by atoms with Crippen LogP contribution in [0, 0.1) is 0 Å². The Morgan fingerprint density at radius 1 is 1.33 bits per heavy atom. The molecule has 1 aromatic rings. The molecule has 114 valence electrons. The molecule has 2 rings (SSSR count). The number of hydrogen-bond donors (Lipinski definition) is 2. The molecule has 0 aliphatic carbocycles. The van der Waals surface area contributed by atoms with Gasteiger partial charge in [0.15, 0.2) is 0 Å². The molecule has 2 amide bonds. The minimum absolute atomic E-state index is 0.0647. The summed E-state index contributed by atoms with van der Waals surface area (Å²) in [6.07, 6.45) is 4.44. The number of carbonyl (C=O) groups is 2. The van der Waals surface area contributed by atoms with Crippen LogP contribution in [0.3, 0.4) is 0 Å². The van der Waals surface area contributed by atoms with E-state index < -0.39 is 5.97 Å². The second-order valence-electron chi connectivity index (χ2n) is 5.56. The average molecular weight is 290 g/mol. The fraction of sp³-hybridized carbons (Fsp3) is 0.500. The zero-order valence-corrected chi connectivity index (χ0v) is 12.3. The van der Waals surface area contributed by atoms with Crippen LogP contribution >= 0.6 is 0 Å². The molecule has 0 aromatic heterocycles. The molecule has 0 radical (unpaired) electrons. The Balaban J connectivity index is 1.94. The van der Waals surface area contributed by atoms with E-state index in [1.165, 1.54) is 12.8 Å². The third kappa shape index (κ3) is 4.21. The van der Waals surface area contributed by atoms with Crippen LogP contribution in [0.15, 0.2) is 24.3 Å². The molecule has 1 aromatic carbocycles. The second kappa shape index (κ2) is 7.11. The van der Waals surface area contributed by atoms with Crippen molar-refractivity contribution in [3.63, 3.8) is 0 Å². The molecule has 5 nitrogen and oxygen atoms in total. The average Bonchev–Trinajstić information content (AvgIpc) is 2.69. The zero-order valence-electron chi connectivity index (χ0n) is 12.3. The number of likely N-dealkylation sites (tertiary alicyclic amines) is 1. The van der Waals surface area contributed by atoms with Gasteiger partial charge in [-0.15, -0.1) is 0 Å². The van der Waals surface area contributed by atoms with Gasteiger partial charge in [0.05, 0.1) is 5.56 Å². The Hall–Kier alpha value is -2.04. The largest absolute Gasteiger partial charge is 0.478 e. The van der Waals surface area contributed by atoms with Gasteiger partial charge in [-0.05, 0) is 37.5 Å². The Labute approximate surface area is 125 Å². The minimum Gasteiger partial charge on any atom is -0.478 e. The Kier molecular flexibility index (Phi) is 5.20. The predicted molar refractivity (Wildman–Crippen MR) is 80.3 cm³/mol. The third-order valence-electron chi connectivity index (χ3n) is 3.93. The van der Waals surface area contributed by atoms with E-state index in [9.17, 15) is 9.59 Å². The summed E-state index contributed by atoms with van der Waals surface area (Å²) in [5, 5.41) is 11.8. The summed E-state index contributed by atoms with van der Waals surface area (Å²) in [6, 6.07) is 6.85. The fourth-order valence-electron chi connectivity index (χ4n) is 2.67. The molecular formula is C16H22N2O3. The number of aromatic carboxylic acids is 1. The SMILES string of the molecule is CC1CCCCCN1C(=O)NCc1cccc(C(=O)O)c1. The van der Waals surface area contributed by atoms with Gasteiger partial charge in [-0.3, -0.25) is 0 Å². The number of nitrogens with zero attached hydrogens (tertiary/aromatic N) is 1. The lowest BCUT2D eigenvalue weighted by Gasteiger charge is -2.27. The molecule has 1 saturated heterocycles. The number of hydrogen-bond acceptors (Lipinski definition) is 2. The molecule has 5 heteroatoms. The van der Waals surface area contributed by atoms with E-state index in [4.69, 9.17) is 5.11 Å². The van der Waals surface area contributed by atoms with Crippen LogP contribution in [-0.4, -0.2) is 34.6 Å². The molecule has 21 heavy (non-hydrogen) atoms. The summed E-state index contributed by atoms with van der Waals surface area (Å²) in [4.78, 5) is 25.1. The molecule has 1 fully saturated rings. The molecule has 0 bridgehead atoms. The predicted octanol–water partition coefficient (Wildman–Crippen LogP) is 2.86. The molecule has 1 unspecified atom stereocenters. The van der Waals surface area contributed by atoms with Crippen molar-refractivity contribution in [2.45, 2.75) is 45.2 Å². The summed E-state index contributed by atoms with van der Waals surface area (Å²) in [7, 11) is 0. The van der Waals surface area contributed by atoms with Crippen LogP contribution in [0.2, 0.25) is 0 Å². The second-order valence-corrected chi connectivity index (χ2v) is 5.56. The van der Waals surface area contributed by atoms with Gasteiger partial charge in [0.25, 0.3) is 0 Å². The van der Waals surface area contributed by atoms with Crippen LogP contribution < -0.4 is 5.32 Å². The van der Waals surface area contributed by atoms with Gasteiger partial charge < -0.3 is 15.3 Å². The number of carboxylic acid groups (broad SMARTS) is 1. The number of amides is 2. The number of carboxylic acids is 1. The van der Waals surface area contributed by atoms with Crippen molar-refractivity contribution in [2.24, 2.45) is 0 Å². The van der Waals surface area contributed by atoms with E-state index in [0.29, 0.717) is 6.54 Å². The third-order valence-corrected chi connectivity index (χ3v) is 3.93. The lowest BCUT2D eigenvalue weighted by molar-refractivity contribution is 0.0696. The van der Waals surface area contributed by atoms with Crippen LogP contribution in [0.5, 0.6) is 0 Å². The molecule has 0 spiro atoms. The van der Waals surface area contributed by atoms with Crippen molar-refractivity contribution in [1.29, 1.82) is 0 Å². The van der Waals surface area contributed by atoms with Crippen LogP contribution in [0.25, 0.3) is 0 Å². The highest BCUT2D eigenvalue weighted by molar-refractivity contribution is 5.87. The topological polar surface area (TPSA) is 69.6 Å². The molecule has 0 saturated carbocycles. The Morgan fingerprint density at radius 2 is 2.14 bits per heavy atom. The van der Waals surface area contributed by atoms with E-state index in [1.807, 2.05) is 11.0 Å². The normalized spacial score (nSPS) is 18.9. The van der Waals surface area contributed by atoms with Crippen LogP contribution in [-0.2, 0) is 6.54 Å². The Morgan fingerprint density at radius 3 is 2.90 bits per heavy atom. The maximum atomic E-state index is 12.3. The van der Waals surface area contributed by atoms with E-state index in [0.717, 1.165) is 24.9 Å². The van der Waals surface area contributed by atoms with Crippen molar-refractivity contribution in [3.05, 3.63) is 35.4 Å². The first-order valence-electron chi connectivity index (χ1n) is 7.44. The molecule has 1 atom stereocenters. The number of rotatable bonds is 3. The first-order valence-corrected chi connectivity index (χ1v) is 7.44. The van der Waals surface area contributed by atoms with Crippen molar-refractivity contribution in [2.75, 3.05) is 6.54 Å². The quantitative estimate of drug-likeness (QED) is 0.899. The lowest BCUT2D eigenvalue weighted by atomic mass is 10.1. The smallest absolute Gasteiger partial charge is 0.335 e. The van der Waals surface area contributed by atoms with E-state index >= 15 is 0 Å². The van der Waals surface area contributed by atoms with Gasteiger partial charge in [0, 0.05) is 19.1 Å². The van der Waals surface area contributed by atoms with Gasteiger partial charge >= 0.3 is 12.0 Å². The highest BCUT2D eigenvalue weighted by Gasteiger charge is 2.21. The van der Waals surface area contributed by atoms with Crippen LogP contribution in [0.4, 0.5) is 4.79 Å². The summed E-state index contributed by atoms with van der Waals surface area (Å²) in [6.45, 7) is 3.22. The summed E-state index contributed by atoms with van der Waals surface area (Å²) in [5.41, 5.74) is 1.04. The van der Waals surface area contributed by atoms with E-state index in [2.05, 4.69) is 12.2 Å². The van der Waals surface area contributed by atoms with E-state index in [1.54, 1.807) is 18.2 Å². The molecule has 1 aliphatic heterocycles. The van der Waals surface area contributed by atoms with Gasteiger partial charge in [-0.25, -0.2) is 9.59 Å². The number of carbonyl (C=O) groups excluding carboxylic acids is 1. The first kappa shape index (κ1) is 15.4. The number of nitrogens with one attached hydrogen (secondary N) is 1. The van der Waals surface area contributed by atoms with Gasteiger partial charge in [-0.2, -0.15) is 0 Å². The first-order chi connectivity index (χ1) is 10.1. The van der Waals surface area contributed by atoms with Crippen molar-refractivity contribution >= 4 is 12.0 Å². The molecular weight excluding hydrogens is 268 g/mol. The monoisotopic (exact) mass is 290 g/mol.